The summed E-state index contributed by atoms with van der Waals surface area (Å²) in [5.74, 6) is 0.520. The van der Waals surface area contributed by atoms with E-state index in [2.05, 4.69) is 62.4 Å². The van der Waals surface area contributed by atoms with Crippen molar-refractivity contribution < 1.29 is 8.42 Å². The van der Waals surface area contributed by atoms with Crippen molar-refractivity contribution in [3.05, 3.63) is 77.4 Å². The van der Waals surface area contributed by atoms with E-state index < -0.39 is 9.84 Å². The first-order chi connectivity index (χ1) is 14.4. The molecule has 2 aromatic carbocycles. The molecule has 158 valence electrons. The van der Waals surface area contributed by atoms with Crippen LogP contribution < -0.4 is 0 Å². The first-order valence-electron chi connectivity index (χ1n) is 11.0. The van der Waals surface area contributed by atoms with Gasteiger partial charge in [0.05, 0.1) is 5.25 Å². The number of rotatable bonds is 6. The topological polar surface area (TPSA) is 34.1 Å². The largest absolute Gasteiger partial charge is 0.223 e. The summed E-state index contributed by atoms with van der Waals surface area (Å²) in [6.45, 7) is 4.44. The van der Waals surface area contributed by atoms with E-state index in [1.807, 2.05) is 12.1 Å². The zero-order valence-electron chi connectivity index (χ0n) is 17.8. The highest BCUT2D eigenvalue weighted by Gasteiger charge is 2.30. The Morgan fingerprint density at radius 2 is 1.60 bits per heavy atom. The second kappa shape index (κ2) is 9.07. The maximum atomic E-state index is 13.0. The predicted octanol–water partition coefficient (Wildman–Crippen LogP) is 7.24. The van der Waals surface area contributed by atoms with Gasteiger partial charge in [0, 0.05) is 4.88 Å². The Kier molecular flexibility index (Phi) is 6.45. The van der Waals surface area contributed by atoms with Gasteiger partial charge in [0.2, 0.25) is 0 Å². The van der Waals surface area contributed by atoms with Gasteiger partial charge in [0.15, 0.2) is 9.84 Å². The fourth-order valence-electron chi connectivity index (χ4n) is 4.30. The maximum Gasteiger partial charge on any atom is 0.190 e. The van der Waals surface area contributed by atoms with Crippen LogP contribution >= 0.6 is 11.3 Å². The fourth-order valence-corrected chi connectivity index (χ4v) is 7.72. The van der Waals surface area contributed by atoms with Crippen molar-refractivity contribution in [3.8, 4) is 10.4 Å². The number of thiophene rings is 1. The van der Waals surface area contributed by atoms with Crippen LogP contribution in [0.25, 0.3) is 10.4 Å². The van der Waals surface area contributed by atoms with E-state index >= 15 is 0 Å². The Morgan fingerprint density at radius 1 is 0.900 bits per heavy atom. The lowest BCUT2D eigenvalue weighted by Gasteiger charge is -2.20. The van der Waals surface area contributed by atoms with Crippen LogP contribution in [0.5, 0.6) is 0 Å². The lowest BCUT2D eigenvalue weighted by Crippen LogP contribution is -2.23. The molecule has 1 heterocycles. The van der Waals surface area contributed by atoms with Crippen LogP contribution in [-0.2, 0) is 16.3 Å². The summed E-state index contributed by atoms with van der Waals surface area (Å²) in [6, 6.07) is 21.1. The molecule has 1 aliphatic rings. The lowest BCUT2D eigenvalue weighted by molar-refractivity contribution is 0.484. The molecule has 2 nitrogen and oxygen atoms in total. The van der Waals surface area contributed by atoms with Crippen molar-refractivity contribution in [1.29, 1.82) is 0 Å². The van der Waals surface area contributed by atoms with Crippen LogP contribution in [0.1, 0.15) is 68.6 Å². The van der Waals surface area contributed by atoms with E-state index in [-0.39, 0.29) is 5.25 Å². The number of hydrogen-bond acceptors (Lipinski definition) is 3. The minimum absolute atomic E-state index is 0.197. The molecule has 0 saturated heterocycles. The molecule has 4 rings (SSSR count). The summed E-state index contributed by atoms with van der Waals surface area (Å²) in [5.41, 5.74) is 5.02. The van der Waals surface area contributed by atoms with Crippen LogP contribution in [0.15, 0.2) is 64.9 Å². The zero-order chi connectivity index (χ0) is 21.1. The molecular formula is C26H30O2S2. The normalized spacial score (nSPS) is 15.6. The Morgan fingerprint density at radius 3 is 2.33 bits per heavy atom. The van der Waals surface area contributed by atoms with Crippen molar-refractivity contribution in [3.63, 3.8) is 0 Å². The van der Waals surface area contributed by atoms with Gasteiger partial charge in [0.25, 0.3) is 0 Å². The SMILES string of the molecule is CC(C)c1cccc(Cc2cccc(-c3ccc(S(=O)(=O)C4CCCCC4)s3)c2)c1. The van der Waals surface area contributed by atoms with Crippen LogP contribution in [0.2, 0.25) is 0 Å². The first-order valence-corrected chi connectivity index (χ1v) is 13.3. The number of sulfone groups is 1. The average molecular weight is 439 g/mol. The van der Waals surface area contributed by atoms with Gasteiger partial charge in [-0.25, -0.2) is 8.42 Å². The van der Waals surface area contributed by atoms with Crippen molar-refractivity contribution >= 4 is 21.2 Å². The molecule has 30 heavy (non-hydrogen) atoms. The van der Waals surface area contributed by atoms with Crippen LogP contribution in [0.3, 0.4) is 0 Å². The van der Waals surface area contributed by atoms with Crippen LogP contribution in [0.4, 0.5) is 0 Å². The molecule has 0 spiro atoms. The molecule has 0 N–H and O–H groups in total. The molecular weight excluding hydrogens is 408 g/mol. The van der Waals surface area contributed by atoms with Crippen molar-refractivity contribution in [2.45, 2.75) is 67.7 Å². The van der Waals surface area contributed by atoms with E-state index in [9.17, 15) is 8.42 Å². The Balaban J connectivity index is 1.55. The Labute approximate surface area is 184 Å². The standard InChI is InChI=1S/C26H30O2S2/c1-19(2)22-10-6-8-20(17-22)16-21-9-7-11-23(18-21)25-14-15-26(29-25)30(27,28)24-12-4-3-5-13-24/h6-11,14-15,17-19,24H,3-5,12-13,16H2,1-2H3. The van der Waals surface area contributed by atoms with Gasteiger partial charge in [-0.2, -0.15) is 0 Å². The molecule has 3 aromatic rings. The van der Waals surface area contributed by atoms with Crippen LogP contribution in [-0.4, -0.2) is 13.7 Å². The van der Waals surface area contributed by atoms with E-state index in [0.717, 1.165) is 49.0 Å². The van der Waals surface area contributed by atoms with Gasteiger partial charge in [-0.15, -0.1) is 11.3 Å². The molecule has 1 fully saturated rings. The van der Waals surface area contributed by atoms with Crippen molar-refractivity contribution in [2.24, 2.45) is 0 Å². The Bertz CT molecular complexity index is 1100. The third-order valence-electron chi connectivity index (χ3n) is 6.09. The molecule has 0 amide bonds. The Hall–Kier alpha value is -1.91. The summed E-state index contributed by atoms with van der Waals surface area (Å²) in [7, 11) is -3.20. The molecule has 4 heteroatoms. The first kappa shape index (κ1) is 21.3. The van der Waals surface area contributed by atoms with Gasteiger partial charge in [0.1, 0.15) is 4.21 Å². The summed E-state index contributed by atoms with van der Waals surface area (Å²) in [6.07, 6.45) is 5.72. The van der Waals surface area contributed by atoms with Crippen molar-refractivity contribution in [1.82, 2.24) is 0 Å². The predicted molar refractivity (Wildman–Crippen MR) is 127 cm³/mol. The monoisotopic (exact) mass is 438 g/mol. The summed E-state index contributed by atoms with van der Waals surface area (Å²) >= 11 is 1.42. The molecule has 0 bridgehead atoms. The molecule has 0 radical (unpaired) electrons. The van der Waals surface area contributed by atoms with E-state index in [0.29, 0.717) is 10.1 Å². The van der Waals surface area contributed by atoms with E-state index in [4.69, 9.17) is 0 Å². The number of hydrogen-bond donors (Lipinski definition) is 0. The molecule has 0 unspecified atom stereocenters. The minimum atomic E-state index is -3.20. The summed E-state index contributed by atoms with van der Waals surface area (Å²) in [5, 5.41) is -0.197. The minimum Gasteiger partial charge on any atom is -0.223 e. The van der Waals surface area contributed by atoms with Gasteiger partial charge in [-0.3, -0.25) is 0 Å². The summed E-state index contributed by atoms with van der Waals surface area (Å²) in [4.78, 5) is 1.03. The second-order valence-electron chi connectivity index (χ2n) is 8.70. The highest BCUT2D eigenvalue weighted by Crippen LogP contribution is 2.36. The zero-order valence-corrected chi connectivity index (χ0v) is 19.4. The third-order valence-corrected chi connectivity index (χ3v) is 10.0. The van der Waals surface area contributed by atoms with Gasteiger partial charge in [-0.05, 0) is 59.6 Å². The van der Waals surface area contributed by atoms with Gasteiger partial charge < -0.3 is 0 Å². The van der Waals surface area contributed by atoms with Gasteiger partial charge in [-0.1, -0.05) is 81.6 Å². The quantitative estimate of drug-likeness (QED) is 0.406. The third kappa shape index (κ3) is 4.70. The molecule has 1 aromatic heterocycles. The van der Waals surface area contributed by atoms with Gasteiger partial charge >= 0.3 is 0 Å². The number of benzene rings is 2. The smallest absolute Gasteiger partial charge is 0.190 e. The highest BCUT2D eigenvalue weighted by atomic mass is 32.2. The molecule has 1 saturated carbocycles. The maximum absolute atomic E-state index is 13.0. The highest BCUT2D eigenvalue weighted by molar-refractivity contribution is 7.94. The fraction of sp³-hybridized carbons (Fsp3) is 0.385. The average Bonchev–Trinajstić information content (AvgIpc) is 3.26. The van der Waals surface area contributed by atoms with E-state index in [1.165, 1.54) is 28.0 Å². The molecule has 0 atom stereocenters. The molecule has 0 aliphatic heterocycles. The van der Waals surface area contributed by atoms with Crippen LogP contribution in [0, 0.1) is 0 Å². The second-order valence-corrected chi connectivity index (χ2v) is 12.2. The van der Waals surface area contributed by atoms with Crippen molar-refractivity contribution in [2.75, 3.05) is 0 Å². The summed E-state index contributed by atoms with van der Waals surface area (Å²) < 4.78 is 26.6. The lowest BCUT2D eigenvalue weighted by atomic mass is 9.97. The van der Waals surface area contributed by atoms with E-state index in [1.54, 1.807) is 0 Å². The molecule has 1 aliphatic carbocycles.